The Kier molecular flexibility index (Phi) is 6.65. The van der Waals surface area contributed by atoms with Gasteiger partial charge in [0.25, 0.3) is 0 Å². The predicted octanol–water partition coefficient (Wildman–Crippen LogP) is 2.86. The monoisotopic (exact) mass is 148 g/mol. The zero-order valence-electron chi connectivity index (χ0n) is 6.52. The van der Waals surface area contributed by atoms with Gasteiger partial charge in [-0.25, -0.2) is 0 Å². The quantitative estimate of drug-likeness (QED) is 0.554. The highest BCUT2D eigenvalue weighted by Crippen LogP contribution is 2.11. The maximum Gasteiger partial charge on any atom is 0.0717 e. The van der Waals surface area contributed by atoms with Crippen LogP contribution < -0.4 is 0 Å². The Balaban J connectivity index is 3.09. The van der Waals surface area contributed by atoms with Crippen molar-refractivity contribution < 1.29 is 4.18 Å². The van der Waals surface area contributed by atoms with Gasteiger partial charge in [0.1, 0.15) is 0 Å². The molecule has 0 atom stereocenters. The van der Waals surface area contributed by atoms with Gasteiger partial charge in [-0.15, -0.1) is 0 Å². The summed E-state index contributed by atoms with van der Waals surface area (Å²) < 4.78 is 5.41. The molecule has 0 spiro atoms. The third-order valence-electron chi connectivity index (χ3n) is 1.23. The Morgan fingerprint density at radius 1 is 1.22 bits per heavy atom. The lowest BCUT2D eigenvalue weighted by molar-refractivity contribution is 0.231. The molecule has 0 aromatic rings. The van der Waals surface area contributed by atoms with E-state index in [2.05, 4.69) is 20.8 Å². The number of hydrogen-bond acceptors (Lipinski definition) is 2. The van der Waals surface area contributed by atoms with Crippen molar-refractivity contribution in [1.29, 1.82) is 0 Å². The first kappa shape index (κ1) is 9.31. The van der Waals surface area contributed by atoms with Gasteiger partial charge in [0.2, 0.25) is 0 Å². The van der Waals surface area contributed by atoms with Crippen LogP contribution in [-0.2, 0) is 4.18 Å². The van der Waals surface area contributed by atoms with Crippen LogP contribution in [0.25, 0.3) is 0 Å². The molecule has 0 aliphatic carbocycles. The molecule has 0 fully saturated rings. The molecule has 2 heteroatoms. The minimum absolute atomic E-state index is 0.468. The fourth-order valence-corrected chi connectivity index (χ4v) is 1.19. The number of rotatable bonds is 5. The lowest BCUT2D eigenvalue weighted by Gasteiger charge is -2.10. The molecule has 0 aromatic heterocycles. The highest BCUT2D eigenvalue weighted by atomic mass is 32.2. The molecule has 0 saturated heterocycles. The summed E-state index contributed by atoms with van der Waals surface area (Å²) in [5, 5.41) is 0. The summed E-state index contributed by atoms with van der Waals surface area (Å²) in [7, 11) is 0. The zero-order chi connectivity index (χ0) is 7.11. The predicted molar refractivity (Wildman–Crippen MR) is 43.6 cm³/mol. The van der Waals surface area contributed by atoms with E-state index in [-0.39, 0.29) is 0 Å². The van der Waals surface area contributed by atoms with Crippen LogP contribution in [0.3, 0.4) is 0 Å². The van der Waals surface area contributed by atoms with Crippen LogP contribution in [0.5, 0.6) is 0 Å². The van der Waals surface area contributed by atoms with Gasteiger partial charge in [-0.2, -0.15) is 0 Å². The second kappa shape index (κ2) is 6.43. The van der Waals surface area contributed by atoms with Gasteiger partial charge in [-0.05, 0) is 24.9 Å². The fourth-order valence-electron chi connectivity index (χ4n) is 0.589. The lowest BCUT2D eigenvalue weighted by atomic mass is 10.2. The topological polar surface area (TPSA) is 9.23 Å². The third-order valence-corrected chi connectivity index (χ3v) is 1.88. The summed E-state index contributed by atoms with van der Waals surface area (Å²) >= 11 is 1.57. The van der Waals surface area contributed by atoms with Crippen molar-refractivity contribution in [2.75, 3.05) is 5.75 Å². The van der Waals surface area contributed by atoms with Crippen LogP contribution in [0.2, 0.25) is 0 Å². The van der Waals surface area contributed by atoms with Gasteiger partial charge >= 0.3 is 0 Å². The first-order chi connectivity index (χ1) is 4.35. The largest absolute Gasteiger partial charge is 0.312 e. The molecule has 56 valence electrons. The second-order valence-electron chi connectivity index (χ2n) is 1.94. The van der Waals surface area contributed by atoms with E-state index in [4.69, 9.17) is 4.18 Å². The first-order valence-electron chi connectivity index (χ1n) is 3.63. The molecule has 9 heavy (non-hydrogen) atoms. The minimum Gasteiger partial charge on any atom is -0.312 e. The third kappa shape index (κ3) is 4.79. The van der Waals surface area contributed by atoms with Gasteiger partial charge in [0, 0.05) is 5.75 Å². The van der Waals surface area contributed by atoms with Crippen LogP contribution in [0.15, 0.2) is 0 Å². The van der Waals surface area contributed by atoms with E-state index in [9.17, 15) is 0 Å². The fraction of sp³-hybridized carbons (Fsp3) is 1.00. The Bertz CT molecular complexity index is 52.9. The van der Waals surface area contributed by atoms with E-state index in [1.165, 1.54) is 0 Å². The van der Waals surface area contributed by atoms with Crippen LogP contribution in [0.4, 0.5) is 0 Å². The van der Waals surface area contributed by atoms with Crippen molar-refractivity contribution in [3.63, 3.8) is 0 Å². The minimum atomic E-state index is 0.468. The molecule has 0 amide bonds. The first-order valence-corrected chi connectivity index (χ1v) is 4.54. The molecular weight excluding hydrogens is 132 g/mol. The normalized spacial score (nSPS) is 10.7. The Morgan fingerprint density at radius 3 is 2.11 bits per heavy atom. The average Bonchev–Trinajstić information content (AvgIpc) is 1.91. The second-order valence-corrected chi connectivity index (χ2v) is 2.95. The van der Waals surface area contributed by atoms with Crippen LogP contribution in [0, 0.1) is 0 Å². The van der Waals surface area contributed by atoms with Crippen molar-refractivity contribution in [3.8, 4) is 0 Å². The summed E-state index contributed by atoms with van der Waals surface area (Å²) in [6, 6.07) is 0. The van der Waals surface area contributed by atoms with E-state index in [0.29, 0.717) is 6.10 Å². The molecule has 0 rings (SSSR count). The summed E-state index contributed by atoms with van der Waals surface area (Å²) in [5.74, 6) is 1.05. The van der Waals surface area contributed by atoms with Gasteiger partial charge in [-0.3, -0.25) is 0 Å². The molecule has 0 heterocycles. The molecular formula is C7H16OS. The Hall–Kier alpha value is 0.310. The van der Waals surface area contributed by atoms with Gasteiger partial charge < -0.3 is 4.18 Å². The standard InChI is InChI=1S/C7H16OS/c1-4-7(5-2)8-9-6-3/h7H,4-6H2,1-3H3. The Labute approximate surface area is 62.4 Å². The highest BCUT2D eigenvalue weighted by molar-refractivity contribution is 7.94. The van der Waals surface area contributed by atoms with E-state index in [1.807, 2.05) is 0 Å². The summed E-state index contributed by atoms with van der Waals surface area (Å²) in [6.07, 6.45) is 2.72. The highest BCUT2D eigenvalue weighted by Gasteiger charge is 2.01. The van der Waals surface area contributed by atoms with Crippen molar-refractivity contribution in [2.24, 2.45) is 0 Å². The van der Waals surface area contributed by atoms with E-state index < -0.39 is 0 Å². The zero-order valence-corrected chi connectivity index (χ0v) is 7.33. The molecule has 0 saturated carbocycles. The van der Waals surface area contributed by atoms with E-state index in [1.54, 1.807) is 12.0 Å². The van der Waals surface area contributed by atoms with E-state index >= 15 is 0 Å². The van der Waals surface area contributed by atoms with Crippen molar-refractivity contribution in [3.05, 3.63) is 0 Å². The van der Waals surface area contributed by atoms with Crippen LogP contribution >= 0.6 is 12.0 Å². The van der Waals surface area contributed by atoms with Crippen molar-refractivity contribution in [1.82, 2.24) is 0 Å². The van der Waals surface area contributed by atoms with Crippen LogP contribution in [0.1, 0.15) is 33.6 Å². The molecule has 0 aliphatic heterocycles. The van der Waals surface area contributed by atoms with Crippen molar-refractivity contribution >= 4 is 12.0 Å². The van der Waals surface area contributed by atoms with Crippen LogP contribution in [-0.4, -0.2) is 11.9 Å². The smallest absolute Gasteiger partial charge is 0.0717 e. The van der Waals surface area contributed by atoms with Gasteiger partial charge in [0.05, 0.1) is 6.10 Å². The van der Waals surface area contributed by atoms with E-state index in [0.717, 1.165) is 18.6 Å². The maximum absolute atomic E-state index is 5.41. The van der Waals surface area contributed by atoms with Crippen molar-refractivity contribution in [2.45, 2.75) is 39.7 Å². The summed E-state index contributed by atoms with van der Waals surface area (Å²) in [5.41, 5.74) is 0. The Morgan fingerprint density at radius 2 is 1.78 bits per heavy atom. The molecule has 0 aliphatic rings. The molecule has 0 unspecified atom stereocenters. The molecule has 0 bridgehead atoms. The van der Waals surface area contributed by atoms with Gasteiger partial charge in [0.15, 0.2) is 0 Å². The molecule has 0 N–H and O–H groups in total. The number of hydrogen-bond donors (Lipinski definition) is 0. The lowest BCUT2D eigenvalue weighted by Crippen LogP contribution is -2.04. The average molecular weight is 148 g/mol. The molecule has 1 nitrogen and oxygen atoms in total. The SMILES string of the molecule is CCSOC(CC)CC. The molecule has 0 radical (unpaired) electrons. The maximum atomic E-state index is 5.41. The molecule has 0 aromatic carbocycles. The summed E-state index contributed by atoms with van der Waals surface area (Å²) in [6.45, 7) is 6.42. The summed E-state index contributed by atoms with van der Waals surface area (Å²) in [4.78, 5) is 0. The van der Waals surface area contributed by atoms with Gasteiger partial charge in [-0.1, -0.05) is 20.8 Å².